The van der Waals surface area contributed by atoms with E-state index in [-0.39, 0.29) is 18.3 Å². The van der Waals surface area contributed by atoms with Gasteiger partial charge in [-0.05, 0) is 55.3 Å². The summed E-state index contributed by atoms with van der Waals surface area (Å²) >= 11 is 0. The van der Waals surface area contributed by atoms with Crippen molar-refractivity contribution >= 4 is 28.4 Å². The lowest BCUT2D eigenvalue weighted by molar-refractivity contribution is -0.118. The van der Waals surface area contributed by atoms with Crippen molar-refractivity contribution in [3.05, 3.63) is 53.9 Å². The van der Waals surface area contributed by atoms with Gasteiger partial charge in [-0.25, -0.2) is 4.98 Å². The number of Topliss-reactive ketones (excluding diaryl/α,β-unsaturated/α-hetero) is 1. The van der Waals surface area contributed by atoms with E-state index in [1.807, 2.05) is 25.1 Å². The number of hydrogen-bond acceptors (Lipinski definition) is 4. The van der Waals surface area contributed by atoms with E-state index < -0.39 is 0 Å². The predicted molar refractivity (Wildman–Crippen MR) is 112 cm³/mol. The number of benzene rings is 2. The minimum absolute atomic E-state index is 0.0845. The van der Waals surface area contributed by atoms with Gasteiger partial charge >= 0.3 is 0 Å². The van der Waals surface area contributed by atoms with Crippen LogP contribution in [0.4, 0.5) is 5.69 Å². The Kier molecular flexibility index (Phi) is 5.60. The number of ketones is 1. The zero-order chi connectivity index (χ0) is 20.2. The van der Waals surface area contributed by atoms with Crippen molar-refractivity contribution in [3.8, 4) is 5.75 Å². The fourth-order valence-electron chi connectivity index (χ4n) is 3.71. The molecule has 0 bridgehead atoms. The third-order valence-corrected chi connectivity index (χ3v) is 5.26. The lowest BCUT2D eigenvalue weighted by atomic mass is 10.1. The molecule has 6 heteroatoms. The van der Waals surface area contributed by atoms with Crippen molar-refractivity contribution in [1.29, 1.82) is 0 Å². The highest BCUT2D eigenvalue weighted by atomic mass is 16.5. The van der Waals surface area contributed by atoms with E-state index in [9.17, 15) is 9.59 Å². The second kappa shape index (κ2) is 8.47. The van der Waals surface area contributed by atoms with Crippen LogP contribution in [-0.2, 0) is 17.8 Å². The number of imidazole rings is 1. The molecule has 0 atom stereocenters. The summed E-state index contributed by atoms with van der Waals surface area (Å²) in [6.07, 6.45) is 5.08. The summed E-state index contributed by atoms with van der Waals surface area (Å²) in [5.74, 6) is 1.54. The predicted octanol–water partition coefficient (Wildman–Crippen LogP) is 4.37. The Morgan fingerprint density at radius 1 is 1.10 bits per heavy atom. The Bertz CT molecular complexity index is 1040. The maximum Gasteiger partial charge on any atom is 0.262 e. The van der Waals surface area contributed by atoms with Gasteiger partial charge in [-0.2, -0.15) is 0 Å². The highest BCUT2D eigenvalue weighted by molar-refractivity contribution is 5.96. The number of nitrogens with zero attached hydrogens (tertiary/aromatic N) is 2. The van der Waals surface area contributed by atoms with Gasteiger partial charge in [0.15, 0.2) is 12.4 Å². The Morgan fingerprint density at radius 2 is 1.93 bits per heavy atom. The van der Waals surface area contributed by atoms with Crippen LogP contribution < -0.4 is 10.1 Å². The first-order valence-corrected chi connectivity index (χ1v) is 10.2. The van der Waals surface area contributed by atoms with Crippen LogP contribution in [0.25, 0.3) is 11.0 Å². The molecule has 1 aliphatic heterocycles. The van der Waals surface area contributed by atoms with Gasteiger partial charge in [0.05, 0.1) is 11.0 Å². The first-order chi connectivity index (χ1) is 14.1. The van der Waals surface area contributed by atoms with Crippen LogP contribution in [-0.4, -0.2) is 27.8 Å². The van der Waals surface area contributed by atoms with Crippen molar-refractivity contribution in [2.45, 2.75) is 45.6 Å². The van der Waals surface area contributed by atoms with Crippen molar-refractivity contribution < 1.29 is 14.3 Å². The third kappa shape index (κ3) is 4.31. The molecule has 0 radical (unpaired) electrons. The van der Waals surface area contributed by atoms with Crippen LogP contribution in [0.3, 0.4) is 0 Å². The van der Waals surface area contributed by atoms with E-state index >= 15 is 0 Å². The highest BCUT2D eigenvalue weighted by Crippen LogP contribution is 2.24. The van der Waals surface area contributed by atoms with Gasteiger partial charge in [0.1, 0.15) is 11.6 Å². The first-order valence-electron chi connectivity index (χ1n) is 10.2. The molecule has 0 aliphatic carbocycles. The topological polar surface area (TPSA) is 73.2 Å². The van der Waals surface area contributed by atoms with Gasteiger partial charge in [0, 0.05) is 30.6 Å². The second-order valence-corrected chi connectivity index (χ2v) is 7.33. The lowest BCUT2D eigenvalue weighted by Crippen LogP contribution is -2.20. The minimum atomic E-state index is -0.237. The van der Waals surface area contributed by atoms with Crippen LogP contribution in [0, 0.1) is 0 Å². The number of amides is 1. The van der Waals surface area contributed by atoms with Crippen LogP contribution in [0.1, 0.15) is 48.8 Å². The standard InChI is InChI=1S/C23H25N3O3/c1-2-21(27)16-7-10-18(11-8-16)29-15-23(28)24-17-9-12-20-19(14-17)25-22-6-4-3-5-13-26(20)22/h7-12,14H,2-6,13,15H2,1H3,(H,24,28). The van der Waals surface area contributed by atoms with E-state index in [1.165, 1.54) is 19.3 Å². The molecule has 1 aliphatic rings. The summed E-state index contributed by atoms with van der Waals surface area (Å²) in [5, 5.41) is 2.87. The first kappa shape index (κ1) is 19.2. The molecule has 1 aromatic heterocycles. The Morgan fingerprint density at radius 3 is 2.72 bits per heavy atom. The maximum atomic E-state index is 12.3. The summed E-state index contributed by atoms with van der Waals surface area (Å²) in [6.45, 7) is 2.74. The highest BCUT2D eigenvalue weighted by Gasteiger charge is 2.14. The summed E-state index contributed by atoms with van der Waals surface area (Å²) in [5.41, 5.74) is 3.40. The summed E-state index contributed by atoms with van der Waals surface area (Å²) < 4.78 is 7.83. The zero-order valence-corrected chi connectivity index (χ0v) is 16.6. The molecule has 4 rings (SSSR count). The van der Waals surface area contributed by atoms with Gasteiger partial charge in [-0.15, -0.1) is 0 Å². The molecule has 2 heterocycles. The number of anilines is 1. The number of carbonyl (C=O) groups is 2. The maximum absolute atomic E-state index is 12.3. The van der Waals surface area contributed by atoms with Crippen molar-refractivity contribution in [3.63, 3.8) is 0 Å². The molecular weight excluding hydrogens is 366 g/mol. The van der Waals surface area contributed by atoms with Gasteiger partial charge in [-0.1, -0.05) is 13.3 Å². The monoisotopic (exact) mass is 391 g/mol. The smallest absolute Gasteiger partial charge is 0.262 e. The van der Waals surface area contributed by atoms with E-state index in [4.69, 9.17) is 9.72 Å². The fourth-order valence-corrected chi connectivity index (χ4v) is 3.71. The zero-order valence-electron chi connectivity index (χ0n) is 16.6. The molecule has 0 fully saturated rings. The number of nitrogens with one attached hydrogen (secondary N) is 1. The minimum Gasteiger partial charge on any atom is -0.484 e. The van der Waals surface area contributed by atoms with Gasteiger partial charge in [0.25, 0.3) is 5.91 Å². The van der Waals surface area contributed by atoms with Gasteiger partial charge < -0.3 is 14.6 Å². The average Bonchev–Trinajstić information content (AvgIpc) is 2.91. The van der Waals surface area contributed by atoms with Crippen LogP contribution in [0.15, 0.2) is 42.5 Å². The van der Waals surface area contributed by atoms with E-state index in [0.29, 0.717) is 23.4 Å². The van der Waals surface area contributed by atoms with Crippen molar-refractivity contribution in [2.75, 3.05) is 11.9 Å². The molecule has 0 unspecified atom stereocenters. The lowest BCUT2D eigenvalue weighted by Gasteiger charge is -2.09. The number of aryl methyl sites for hydroxylation is 2. The van der Waals surface area contributed by atoms with E-state index in [0.717, 1.165) is 29.8 Å². The third-order valence-electron chi connectivity index (χ3n) is 5.26. The number of aromatic nitrogens is 2. The molecule has 0 saturated carbocycles. The molecule has 0 spiro atoms. The van der Waals surface area contributed by atoms with Gasteiger partial charge in [-0.3, -0.25) is 9.59 Å². The molecule has 0 saturated heterocycles. The molecule has 2 aromatic carbocycles. The van der Waals surface area contributed by atoms with E-state index in [1.54, 1.807) is 24.3 Å². The number of fused-ring (bicyclic) bond motifs is 3. The van der Waals surface area contributed by atoms with Crippen LogP contribution >= 0.6 is 0 Å². The number of ether oxygens (including phenoxy) is 1. The average molecular weight is 391 g/mol. The second-order valence-electron chi connectivity index (χ2n) is 7.33. The molecule has 1 N–H and O–H groups in total. The Labute approximate surface area is 169 Å². The molecular formula is C23H25N3O3. The normalized spacial score (nSPS) is 13.6. The Balaban J connectivity index is 1.38. The largest absolute Gasteiger partial charge is 0.484 e. The Hall–Kier alpha value is -3.15. The summed E-state index contributed by atoms with van der Waals surface area (Å²) in [4.78, 5) is 28.7. The molecule has 6 nitrogen and oxygen atoms in total. The summed E-state index contributed by atoms with van der Waals surface area (Å²) in [7, 11) is 0. The number of carbonyl (C=O) groups excluding carboxylic acids is 2. The number of rotatable bonds is 6. The molecule has 3 aromatic rings. The van der Waals surface area contributed by atoms with E-state index in [2.05, 4.69) is 9.88 Å². The van der Waals surface area contributed by atoms with Crippen LogP contribution in [0.2, 0.25) is 0 Å². The molecule has 150 valence electrons. The molecule has 1 amide bonds. The quantitative estimate of drug-likeness (QED) is 0.633. The van der Waals surface area contributed by atoms with Crippen molar-refractivity contribution in [1.82, 2.24) is 9.55 Å². The summed E-state index contributed by atoms with van der Waals surface area (Å²) in [6, 6.07) is 12.7. The van der Waals surface area contributed by atoms with Crippen LogP contribution in [0.5, 0.6) is 5.75 Å². The SMILES string of the molecule is CCC(=O)c1ccc(OCC(=O)Nc2ccc3c(c2)nc2n3CCCCC2)cc1. The van der Waals surface area contributed by atoms with Gasteiger partial charge in [0.2, 0.25) is 0 Å². The fraction of sp³-hybridized carbons (Fsp3) is 0.348. The van der Waals surface area contributed by atoms with Crippen molar-refractivity contribution in [2.24, 2.45) is 0 Å². The molecule has 29 heavy (non-hydrogen) atoms. The number of hydrogen-bond donors (Lipinski definition) is 1.